The van der Waals surface area contributed by atoms with Crippen LogP contribution >= 0.6 is 0 Å². The Morgan fingerprint density at radius 2 is 2.41 bits per heavy atom. The van der Waals surface area contributed by atoms with Crippen molar-refractivity contribution in [3.8, 4) is 0 Å². The van der Waals surface area contributed by atoms with Crippen LogP contribution in [-0.4, -0.2) is 27.6 Å². The fourth-order valence-electron chi connectivity index (χ4n) is 1.24. The maximum atomic E-state index is 13.2. The molecule has 0 radical (unpaired) electrons. The first kappa shape index (κ1) is 11.2. The van der Waals surface area contributed by atoms with Crippen LogP contribution in [0, 0.1) is 5.82 Å². The second-order valence-electron chi connectivity index (χ2n) is 3.20. The topological polar surface area (TPSA) is 80.9 Å². The number of aromatic nitrogens is 3. The number of hydrogen-bond acceptors (Lipinski definition) is 5. The summed E-state index contributed by atoms with van der Waals surface area (Å²) in [6, 6.07) is 1.32. The minimum Gasteiger partial charge on any atom is -0.351 e. The van der Waals surface area contributed by atoms with Crippen LogP contribution in [-0.2, 0) is 6.42 Å². The molecular weight excluding hydrogens is 227 g/mol. The Bertz CT molecular complexity index is 501. The normalized spacial score (nSPS) is 10.2. The van der Waals surface area contributed by atoms with E-state index in [0.717, 1.165) is 6.20 Å². The van der Waals surface area contributed by atoms with E-state index in [1.807, 2.05) is 0 Å². The second kappa shape index (κ2) is 5.15. The molecule has 0 spiro atoms. The summed E-state index contributed by atoms with van der Waals surface area (Å²) in [6.45, 7) is 0.294. The monoisotopic (exact) mass is 236 g/mol. The van der Waals surface area contributed by atoms with Crippen LogP contribution in [0.25, 0.3) is 0 Å². The summed E-state index contributed by atoms with van der Waals surface area (Å²) < 4.78 is 17.9. The van der Waals surface area contributed by atoms with Crippen molar-refractivity contribution < 1.29 is 13.7 Å². The molecule has 0 saturated heterocycles. The van der Waals surface area contributed by atoms with Gasteiger partial charge in [-0.25, -0.2) is 4.39 Å². The summed E-state index contributed by atoms with van der Waals surface area (Å²) in [5, 5.41) is 5.97. The van der Waals surface area contributed by atoms with Crippen molar-refractivity contribution in [3.63, 3.8) is 0 Å². The average Bonchev–Trinajstić information content (AvgIpc) is 2.82. The van der Waals surface area contributed by atoms with E-state index in [4.69, 9.17) is 4.52 Å². The second-order valence-corrected chi connectivity index (χ2v) is 3.20. The average molecular weight is 236 g/mol. The van der Waals surface area contributed by atoms with E-state index >= 15 is 0 Å². The van der Waals surface area contributed by atoms with Gasteiger partial charge in [0.15, 0.2) is 12.1 Å². The third-order valence-electron chi connectivity index (χ3n) is 2.05. The smallest absolute Gasteiger partial charge is 0.254 e. The number of rotatable bonds is 4. The van der Waals surface area contributed by atoms with Gasteiger partial charge in [0.05, 0.1) is 11.8 Å². The Kier molecular flexibility index (Phi) is 3.39. The van der Waals surface area contributed by atoms with Gasteiger partial charge in [0, 0.05) is 19.2 Å². The SMILES string of the molecule is O=C(NCCc1ncno1)c1ccncc1F. The Labute approximate surface area is 95.9 Å². The number of pyridine rings is 1. The molecule has 2 aromatic heterocycles. The van der Waals surface area contributed by atoms with Gasteiger partial charge in [-0.15, -0.1) is 0 Å². The van der Waals surface area contributed by atoms with Crippen LogP contribution in [0.15, 0.2) is 29.3 Å². The molecule has 0 unspecified atom stereocenters. The van der Waals surface area contributed by atoms with Crippen LogP contribution in [0.3, 0.4) is 0 Å². The van der Waals surface area contributed by atoms with Gasteiger partial charge in [0.1, 0.15) is 0 Å². The Hall–Kier alpha value is -2.31. The molecule has 7 heteroatoms. The molecule has 17 heavy (non-hydrogen) atoms. The van der Waals surface area contributed by atoms with Crippen molar-refractivity contribution in [2.75, 3.05) is 6.54 Å². The van der Waals surface area contributed by atoms with Crippen molar-refractivity contribution in [3.05, 3.63) is 42.1 Å². The molecule has 0 aliphatic carbocycles. The summed E-state index contributed by atoms with van der Waals surface area (Å²) >= 11 is 0. The zero-order valence-electron chi connectivity index (χ0n) is 8.76. The highest BCUT2D eigenvalue weighted by Crippen LogP contribution is 2.03. The van der Waals surface area contributed by atoms with Crippen LogP contribution in [0.1, 0.15) is 16.2 Å². The lowest BCUT2D eigenvalue weighted by atomic mass is 10.2. The molecule has 0 aliphatic heterocycles. The molecule has 88 valence electrons. The van der Waals surface area contributed by atoms with E-state index < -0.39 is 11.7 Å². The molecule has 0 fully saturated rings. The summed E-state index contributed by atoms with van der Waals surface area (Å²) in [5.74, 6) is -0.729. The number of carbonyl (C=O) groups excluding carboxylic acids is 1. The van der Waals surface area contributed by atoms with Crippen molar-refractivity contribution in [2.45, 2.75) is 6.42 Å². The summed E-state index contributed by atoms with van der Waals surface area (Å²) in [7, 11) is 0. The van der Waals surface area contributed by atoms with Gasteiger partial charge in [-0.1, -0.05) is 5.16 Å². The first-order chi connectivity index (χ1) is 8.27. The molecule has 1 amide bonds. The number of carbonyl (C=O) groups is 1. The first-order valence-electron chi connectivity index (χ1n) is 4.90. The molecule has 1 N–H and O–H groups in total. The fourth-order valence-corrected chi connectivity index (χ4v) is 1.24. The van der Waals surface area contributed by atoms with Crippen molar-refractivity contribution >= 4 is 5.91 Å². The molecular formula is C10H9FN4O2. The van der Waals surface area contributed by atoms with E-state index in [-0.39, 0.29) is 5.56 Å². The van der Waals surface area contributed by atoms with Gasteiger partial charge in [-0.05, 0) is 6.07 Å². The zero-order chi connectivity index (χ0) is 12.1. The predicted octanol–water partition coefficient (Wildman–Crippen LogP) is 0.576. The van der Waals surface area contributed by atoms with Gasteiger partial charge < -0.3 is 9.84 Å². The molecule has 2 aromatic rings. The third kappa shape index (κ3) is 2.83. The summed E-state index contributed by atoms with van der Waals surface area (Å²) in [4.78, 5) is 18.9. The largest absolute Gasteiger partial charge is 0.351 e. The van der Waals surface area contributed by atoms with E-state index in [1.165, 1.54) is 18.6 Å². The highest BCUT2D eigenvalue weighted by atomic mass is 19.1. The van der Waals surface area contributed by atoms with Gasteiger partial charge in [0.25, 0.3) is 5.91 Å². The standard InChI is InChI=1S/C10H9FN4O2/c11-8-5-12-3-1-7(8)10(16)13-4-2-9-14-6-15-17-9/h1,3,5-6H,2,4H2,(H,13,16). The lowest BCUT2D eigenvalue weighted by Gasteiger charge is -2.03. The molecule has 0 aromatic carbocycles. The van der Waals surface area contributed by atoms with Crippen LogP contribution in [0.2, 0.25) is 0 Å². The highest BCUT2D eigenvalue weighted by Gasteiger charge is 2.10. The van der Waals surface area contributed by atoms with E-state index in [2.05, 4.69) is 20.4 Å². The van der Waals surface area contributed by atoms with E-state index in [0.29, 0.717) is 18.9 Å². The zero-order valence-corrected chi connectivity index (χ0v) is 8.76. The van der Waals surface area contributed by atoms with E-state index in [9.17, 15) is 9.18 Å². The van der Waals surface area contributed by atoms with Crippen LogP contribution < -0.4 is 5.32 Å². The van der Waals surface area contributed by atoms with Crippen LogP contribution in [0.4, 0.5) is 4.39 Å². The molecule has 0 atom stereocenters. The first-order valence-corrected chi connectivity index (χ1v) is 4.90. The molecule has 6 nitrogen and oxygen atoms in total. The highest BCUT2D eigenvalue weighted by molar-refractivity contribution is 5.94. The number of halogens is 1. The lowest BCUT2D eigenvalue weighted by molar-refractivity contribution is 0.0949. The Morgan fingerprint density at radius 1 is 1.53 bits per heavy atom. The number of nitrogens with zero attached hydrogens (tertiary/aromatic N) is 3. The number of hydrogen-bond donors (Lipinski definition) is 1. The summed E-state index contributed by atoms with van der Waals surface area (Å²) in [5.41, 5.74) is -0.0365. The number of amides is 1. The minimum absolute atomic E-state index is 0.0365. The maximum absolute atomic E-state index is 13.2. The maximum Gasteiger partial charge on any atom is 0.254 e. The quantitative estimate of drug-likeness (QED) is 0.839. The van der Waals surface area contributed by atoms with Gasteiger partial charge in [0.2, 0.25) is 5.89 Å². The van der Waals surface area contributed by atoms with Gasteiger partial charge >= 0.3 is 0 Å². The van der Waals surface area contributed by atoms with Crippen LogP contribution in [0.5, 0.6) is 0 Å². The Balaban J connectivity index is 1.88. The Morgan fingerprint density at radius 3 is 3.12 bits per heavy atom. The molecule has 2 rings (SSSR count). The van der Waals surface area contributed by atoms with E-state index in [1.54, 1.807) is 0 Å². The van der Waals surface area contributed by atoms with Crippen molar-refractivity contribution in [1.29, 1.82) is 0 Å². The fraction of sp³-hybridized carbons (Fsp3) is 0.200. The van der Waals surface area contributed by atoms with Gasteiger partial charge in [-0.2, -0.15) is 4.98 Å². The summed E-state index contributed by atoms with van der Waals surface area (Å²) in [6.07, 6.45) is 4.03. The molecule has 2 heterocycles. The predicted molar refractivity (Wildman–Crippen MR) is 54.5 cm³/mol. The lowest BCUT2D eigenvalue weighted by Crippen LogP contribution is -2.26. The van der Waals surface area contributed by atoms with Crippen molar-refractivity contribution in [2.24, 2.45) is 0 Å². The molecule has 0 aliphatic rings. The van der Waals surface area contributed by atoms with Gasteiger partial charge in [-0.3, -0.25) is 9.78 Å². The van der Waals surface area contributed by atoms with Crippen molar-refractivity contribution in [1.82, 2.24) is 20.4 Å². The number of nitrogens with one attached hydrogen (secondary N) is 1. The third-order valence-corrected chi connectivity index (χ3v) is 2.05. The molecule has 0 saturated carbocycles. The molecule has 0 bridgehead atoms. The minimum atomic E-state index is -0.650.